The molecule has 4 aliphatic carbocycles. The van der Waals surface area contributed by atoms with Gasteiger partial charge in [0.1, 0.15) is 0 Å². The van der Waals surface area contributed by atoms with Crippen LogP contribution >= 0.6 is 0 Å². The summed E-state index contributed by atoms with van der Waals surface area (Å²) in [5, 5.41) is 17.9. The summed E-state index contributed by atoms with van der Waals surface area (Å²) in [6.07, 6.45) is 23.1. The molecule has 0 heterocycles. The summed E-state index contributed by atoms with van der Waals surface area (Å²) in [4.78, 5) is 0. The quantitative estimate of drug-likeness (QED) is 0.115. The van der Waals surface area contributed by atoms with E-state index in [1.165, 1.54) is 77.0 Å². The molecule has 4 aliphatic rings. The Morgan fingerprint density at radius 2 is 0.765 bits per heavy atom. The smallest absolute Gasteiger partial charge is 0.412 e. The fourth-order valence-corrected chi connectivity index (χ4v) is 10.1. The molecule has 0 bridgehead atoms. The molecule has 7 nitrogen and oxygen atoms in total. The van der Waals surface area contributed by atoms with E-state index in [0.717, 1.165) is 25.7 Å². The fourth-order valence-electron chi connectivity index (χ4n) is 6.43. The summed E-state index contributed by atoms with van der Waals surface area (Å²) >= 11 is 0. The zero-order valence-electron chi connectivity index (χ0n) is 34.8. The van der Waals surface area contributed by atoms with Crippen LogP contribution in [0.5, 0.6) is 0 Å². The van der Waals surface area contributed by atoms with Crippen LogP contribution in [0.2, 0.25) is 0 Å². The van der Waals surface area contributed by atoms with Gasteiger partial charge in [-0.25, -0.2) is 0 Å². The summed E-state index contributed by atoms with van der Waals surface area (Å²) in [5.41, 5.74) is 0. The van der Waals surface area contributed by atoms with E-state index in [-0.39, 0.29) is 92.0 Å². The Hall–Kier alpha value is 1.14. The van der Waals surface area contributed by atoms with Crippen LogP contribution in [0.25, 0.3) is 0 Å². The molecule has 0 aliphatic heterocycles. The maximum Gasteiger partial charge on any atom is 2.00 e. The maximum absolute atomic E-state index is 12.4. The molecule has 4 N–H and O–H groups in total. The van der Waals surface area contributed by atoms with Gasteiger partial charge in [0.05, 0.1) is 13.2 Å². The number of aliphatic hydroxyl groups excluding tert-OH is 2. The third kappa shape index (κ3) is 31.0. The first-order valence-corrected chi connectivity index (χ1v) is 20.5. The van der Waals surface area contributed by atoms with Gasteiger partial charge < -0.3 is 54.9 Å². The van der Waals surface area contributed by atoms with Crippen LogP contribution in [0.15, 0.2) is 0 Å². The van der Waals surface area contributed by atoms with E-state index in [2.05, 4.69) is 0 Å². The van der Waals surface area contributed by atoms with Gasteiger partial charge in [-0.3, -0.25) is 8.42 Å². The molecule has 0 radical (unpaired) electrons. The van der Waals surface area contributed by atoms with Crippen LogP contribution in [0, 0.1) is 41.5 Å². The first-order chi connectivity index (χ1) is 20.9. The molecule has 6 atom stereocenters. The van der Waals surface area contributed by atoms with Crippen molar-refractivity contribution in [1.82, 2.24) is 0 Å². The third-order valence-corrected chi connectivity index (χ3v) is 13.7. The van der Waals surface area contributed by atoms with Crippen molar-refractivity contribution in [3.8, 4) is 0 Å². The largest absolute Gasteiger partial charge is 2.00 e. The van der Waals surface area contributed by atoms with Crippen LogP contribution < -0.4 is 0 Å². The molecule has 4 rings (SSSR count). The van der Waals surface area contributed by atoms with Crippen LogP contribution in [-0.4, -0.2) is 83.7 Å². The van der Waals surface area contributed by atoms with Crippen molar-refractivity contribution in [1.29, 1.82) is 0 Å². The van der Waals surface area contributed by atoms with E-state index in [9.17, 15) is 8.42 Å². The molecule has 0 aromatic rings. The second-order valence-electron chi connectivity index (χ2n) is 15.1. The molecule has 316 valence electrons. The van der Waals surface area contributed by atoms with Gasteiger partial charge in [-0.2, -0.15) is 0 Å². The van der Waals surface area contributed by atoms with Gasteiger partial charge in [0.15, 0.2) is 0 Å². The van der Waals surface area contributed by atoms with Gasteiger partial charge >= 0.3 is 34.1 Å². The number of rotatable bonds is 12. The zero-order valence-corrected chi connectivity index (χ0v) is 38.7. The molecule has 4 saturated carbocycles. The van der Waals surface area contributed by atoms with E-state index in [0.29, 0.717) is 61.6 Å². The minimum atomic E-state index is -0.779. The predicted molar refractivity (Wildman–Crippen MR) is 219 cm³/mol. The monoisotopic (exact) mass is 854 g/mol. The van der Waals surface area contributed by atoms with E-state index in [1.807, 2.05) is 41.5 Å². The van der Waals surface area contributed by atoms with Gasteiger partial charge in [0, 0.05) is 68.0 Å². The minimum Gasteiger partial charge on any atom is -0.412 e. The van der Waals surface area contributed by atoms with Crippen molar-refractivity contribution < 1.29 is 67.7 Å². The standard InChI is InChI=1S/2C13H26O3S.2C5H10.4CH3.2Fe.H2O/c2*1-13(2,3)17(15)12-7-4-6-11(12)10-16-9-5-8-14;2*1-2-4-5-3-1;;;;;;;/h2*11-12,14H,4-10H2,1-3H3;2*1-5H2;4*1H3;;;1H2/q;;;;4*-1;2*+2;. The Bertz CT molecular complexity index is 679. The number of aliphatic hydroxyl groups is 2. The molecular formula is C40H86Fe2O7S2. The van der Waals surface area contributed by atoms with Crippen LogP contribution in [0.4, 0.5) is 0 Å². The Morgan fingerprint density at radius 1 is 0.510 bits per heavy atom. The van der Waals surface area contributed by atoms with Gasteiger partial charge in [-0.15, -0.1) is 0 Å². The molecule has 0 aromatic carbocycles. The van der Waals surface area contributed by atoms with E-state index in [4.69, 9.17) is 19.7 Å². The summed E-state index contributed by atoms with van der Waals surface area (Å²) in [7, 11) is -1.56. The van der Waals surface area contributed by atoms with E-state index >= 15 is 0 Å². The van der Waals surface area contributed by atoms with Crippen LogP contribution in [0.3, 0.4) is 0 Å². The summed E-state index contributed by atoms with van der Waals surface area (Å²) in [6, 6.07) is 0. The molecule has 4 fully saturated rings. The average molecular weight is 855 g/mol. The Labute approximate surface area is 345 Å². The normalized spacial score (nSPS) is 22.9. The first-order valence-electron chi connectivity index (χ1n) is 18.1. The van der Waals surface area contributed by atoms with Crippen molar-refractivity contribution in [2.75, 3.05) is 39.6 Å². The van der Waals surface area contributed by atoms with Crippen molar-refractivity contribution >= 4 is 21.6 Å². The predicted octanol–water partition coefficient (Wildman–Crippen LogP) is 9.08. The second kappa shape index (κ2) is 39.4. The van der Waals surface area contributed by atoms with Crippen LogP contribution in [-0.2, 0) is 65.2 Å². The van der Waals surface area contributed by atoms with Crippen molar-refractivity contribution in [2.45, 2.75) is 177 Å². The zero-order chi connectivity index (χ0) is 32.8. The third-order valence-electron chi connectivity index (χ3n) is 8.99. The van der Waals surface area contributed by atoms with Crippen molar-refractivity contribution in [3.63, 3.8) is 0 Å². The Kier molecular flexibility index (Phi) is 51.7. The summed E-state index contributed by atoms with van der Waals surface area (Å²) in [5.74, 6) is 0.877. The second-order valence-corrected chi connectivity index (χ2v) is 20.0. The number of ether oxygens (including phenoxy) is 2. The van der Waals surface area contributed by atoms with E-state index in [1.54, 1.807) is 0 Å². The Morgan fingerprint density at radius 3 is 0.980 bits per heavy atom. The molecule has 0 amide bonds. The summed E-state index contributed by atoms with van der Waals surface area (Å²) < 4.78 is 35.6. The van der Waals surface area contributed by atoms with E-state index < -0.39 is 21.6 Å². The molecule has 51 heavy (non-hydrogen) atoms. The van der Waals surface area contributed by atoms with Gasteiger partial charge in [0.2, 0.25) is 0 Å². The molecule has 6 unspecified atom stereocenters. The van der Waals surface area contributed by atoms with Gasteiger partial charge in [-0.05, 0) is 91.9 Å². The van der Waals surface area contributed by atoms with Crippen molar-refractivity contribution in [2.24, 2.45) is 11.8 Å². The minimum absolute atomic E-state index is 0. The fraction of sp³-hybridized carbons (Fsp3) is 0.900. The molecule has 0 aromatic heterocycles. The molecular weight excluding hydrogens is 768 g/mol. The number of hydrogen-bond donors (Lipinski definition) is 2. The first kappa shape index (κ1) is 66.9. The molecule has 0 saturated heterocycles. The SMILES string of the molecule is C1CCCC1.C1CCCC1.CC(C)(C)S(=O)C1CCCC1COCCCO.CC(C)(C)S(=O)C1CCCC1COCCCO.O.[CH3-].[CH3-].[CH3-].[CH3-].[Fe+2].[Fe+2]. The van der Waals surface area contributed by atoms with Gasteiger partial charge in [0.25, 0.3) is 0 Å². The topological polar surface area (TPSA) is 125 Å². The van der Waals surface area contributed by atoms with Crippen molar-refractivity contribution in [3.05, 3.63) is 29.7 Å². The average Bonchev–Trinajstić information content (AvgIpc) is 3.81. The summed E-state index contributed by atoms with van der Waals surface area (Å²) in [6.45, 7) is 15.3. The maximum atomic E-state index is 12.4. The molecule has 0 spiro atoms. The van der Waals surface area contributed by atoms with Crippen LogP contribution in [0.1, 0.15) is 157 Å². The Balaban J connectivity index is -0.000000107. The molecule has 11 heteroatoms. The van der Waals surface area contributed by atoms with Gasteiger partial charge in [-0.1, -0.05) is 77.0 Å². The number of hydrogen-bond acceptors (Lipinski definition) is 6.